The van der Waals surface area contributed by atoms with Crippen molar-refractivity contribution < 1.29 is 18.7 Å². The summed E-state index contributed by atoms with van der Waals surface area (Å²) in [5, 5.41) is 3.26. The predicted molar refractivity (Wildman–Crippen MR) is 121 cm³/mol. The van der Waals surface area contributed by atoms with Gasteiger partial charge in [0, 0.05) is 37.8 Å². The summed E-state index contributed by atoms with van der Waals surface area (Å²) in [6.07, 6.45) is 3.70. The average Bonchev–Trinajstić information content (AvgIpc) is 3.31. The van der Waals surface area contributed by atoms with Gasteiger partial charge in [-0.1, -0.05) is 12.1 Å². The number of halogens is 1. The Morgan fingerprint density at radius 1 is 1.03 bits per heavy atom. The van der Waals surface area contributed by atoms with Crippen molar-refractivity contribution in [3.05, 3.63) is 59.4 Å². The summed E-state index contributed by atoms with van der Waals surface area (Å²) in [6.45, 7) is 3.37. The van der Waals surface area contributed by atoms with Crippen molar-refractivity contribution in [3.8, 4) is 11.5 Å². The van der Waals surface area contributed by atoms with Crippen molar-refractivity contribution in [1.29, 1.82) is 0 Å². The van der Waals surface area contributed by atoms with E-state index in [1.165, 1.54) is 12.1 Å². The van der Waals surface area contributed by atoms with Gasteiger partial charge in [0.25, 0.3) is 0 Å². The summed E-state index contributed by atoms with van der Waals surface area (Å²) in [5.74, 6) is 1.34. The number of urea groups is 1. The minimum absolute atomic E-state index is 0.00522. The molecule has 4 rings (SSSR count). The number of likely N-dealkylation sites (tertiary alicyclic amines) is 2. The number of piperidine rings is 1. The molecule has 2 fully saturated rings. The molecule has 2 aromatic rings. The molecule has 172 valence electrons. The van der Waals surface area contributed by atoms with Crippen LogP contribution in [0.3, 0.4) is 0 Å². The number of carbonyl (C=O) groups is 1. The van der Waals surface area contributed by atoms with Gasteiger partial charge in [0.2, 0.25) is 0 Å². The van der Waals surface area contributed by atoms with Crippen LogP contribution in [-0.4, -0.2) is 55.7 Å². The molecule has 1 N–H and O–H groups in total. The van der Waals surface area contributed by atoms with Crippen LogP contribution in [0.4, 0.5) is 9.18 Å². The summed E-state index contributed by atoms with van der Waals surface area (Å²) in [5.41, 5.74) is 2.11. The molecule has 0 bridgehead atoms. The summed E-state index contributed by atoms with van der Waals surface area (Å²) in [7, 11) is 3.30. The fraction of sp³-hybridized carbons (Fsp3) is 0.480. The molecule has 0 radical (unpaired) electrons. The van der Waals surface area contributed by atoms with Gasteiger partial charge in [-0.05, 0) is 61.6 Å². The molecule has 2 heterocycles. The van der Waals surface area contributed by atoms with Gasteiger partial charge in [-0.3, -0.25) is 4.90 Å². The first kappa shape index (κ1) is 22.4. The maximum Gasteiger partial charge on any atom is 0.318 e. The Balaban J connectivity index is 1.33. The number of nitrogens with zero attached hydrogens (tertiary/aromatic N) is 2. The molecule has 2 aromatic carbocycles. The number of methoxy groups -OCH3 is 2. The summed E-state index contributed by atoms with van der Waals surface area (Å²) >= 11 is 0. The van der Waals surface area contributed by atoms with E-state index in [0.717, 1.165) is 74.5 Å². The van der Waals surface area contributed by atoms with E-state index in [1.807, 2.05) is 35.2 Å². The minimum atomic E-state index is -0.207. The SMILES string of the molecule is COc1ccc(OC)c(C2CCCN2C(=O)NC2CCN(Cc3ccc(F)cc3)CC2)c1. The van der Waals surface area contributed by atoms with Crippen LogP contribution < -0.4 is 14.8 Å². The fourth-order valence-corrected chi connectivity index (χ4v) is 4.77. The monoisotopic (exact) mass is 441 g/mol. The Hall–Kier alpha value is -2.80. The lowest BCUT2D eigenvalue weighted by atomic mass is 10.0. The van der Waals surface area contributed by atoms with Crippen LogP contribution in [0.5, 0.6) is 11.5 Å². The number of rotatable bonds is 6. The molecule has 2 saturated heterocycles. The lowest BCUT2D eigenvalue weighted by Gasteiger charge is -2.34. The van der Waals surface area contributed by atoms with Crippen molar-refractivity contribution in [1.82, 2.24) is 15.1 Å². The molecule has 0 aliphatic carbocycles. The third-order valence-electron chi connectivity index (χ3n) is 6.54. The normalized spacial score (nSPS) is 19.7. The summed E-state index contributed by atoms with van der Waals surface area (Å²) in [4.78, 5) is 17.4. The van der Waals surface area contributed by atoms with Gasteiger partial charge in [-0.25, -0.2) is 9.18 Å². The van der Waals surface area contributed by atoms with Crippen LogP contribution in [0.2, 0.25) is 0 Å². The van der Waals surface area contributed by atoms with E-state index in [4.69, 9.17) is 9.47 Å². The van der Waals surface area contributed by atoms with Gasteiger partial charge in [0.05, 0.1) is 20.3 Å². The number of nitrogens with one attached hydrogen (secondary N) is 1. The fourth-order valence-electron chi connectivity index (χ4n) is 4.77. The second kappa shape index (κ2) is 10.2. The van der Waals surface area contributed by atoms with E-state index in [1.54, 1.807) is 14.2 Å². The topological polar surface area (TPSA) is 54.0 Å². The maximum absolute atomic E-state index is 13.1. The van der Waals surface area contributed by atoms with Crippen LogP contribution >= 0.6 is 0 Å². The van der Waals surface area contributed by atoms with Crippen molar-refractivity contribution in [2.45, 2.75) is 44.3 Å². The quantitative estimate of drug-likeness (QED) is 0.724. The maximum atomic E-state index is 13.1. The zero-order valence-electron chi connectivity index (χ0n) is 18.9. The van der Waals surface area contributed by atoms with Crippen LogP contribution in [0, 0.1) is 5.82 Å². The molecule has 1 atom stereocenters. The number of ether oxygens (including phenoxy) is 2. The van der Waals surface area contributed by atoms with Crippen molar-refractivity contribution >= 4 is 6.03 Å². The highest BCUT2D eigenvalue weighted by molar-refractivity contribution is 5.75. The molecule has 7 heteroatoms. The van der Waals surface area contributed by atoms with E-state index in [2.05, 4.69) is 10.2 Å². The molecular formula is C25H32FN3O3. The number of hydrogen-bond acceptors (Lipinski definition) is 4. The van der Waals surface area contributed by atoms with E-state index in [-0.39, 0.29) is 23.9 Å². The van der Waals surface area contributed by atoms with Gasteiger partial charge >= 0.3 is 6.03 Å². The predicted octanol–water partition coefficient (Wildman–Crippen LogP) is 4.35. The van der Waals surface area contributed by atoms with Gasteiger partial charge in [-0.2, -0.15) is 0 Å². The Labute approximate surface area is 189 Å². The van der Waals surface area contributed by atoms with Crippen molar-refractivity contribution in [2.24, 2.45) is 0 Å². The number of hydrogen-bond donors (Lipinski definition) is 1. The highest BCUT2D eigenvalue weighted by Gasteiger charge is 2.33. The number of amides is 2. The third kappa shape index (κ3) is 5.15. The van der Waals surface area contributed by atoms with E-state index < -0.39 is 0 Å². The van der Waals surface area contributed by atoms with Crippen LogP contribution in [0.15, 0.2) is 42.5 Å². The molecule has 6 nitrogen and oxygen atoms in total. The molecule has 32 heavy (non-hydrogen) atoms. The third-order valence-corrected chi connectivity index (χ3v) is 6.54. The first-order valence-electron chi connectivity index (χ1n) is 11.3. The first-order valence-corrected chi connectivity index (χ1v) is 11.3. The van der Waals surface area contributed by atoms with Crippen molar-refractivity contribution in [3.63, 3.8) is 0 Å². The molecule has 2 aliphatic heterocycles. The van der Waals surface area contributed by atoms with Crippen LogP contribution in [0.1, 0.15) is 42.9 Å². The lowest BCUT2D eigenvalue weighted by Crippen LogP contribution is -2.48. The second-order valence-electron chi connectivity index (χ2n) is 8.59. The highest BCUT2D eigenvalue weighted by atomic mass is 19.1. The zero-order chi connectivity index (χ0) is 22.5. The Morgan fingerprint density at radius 2 is 1.78 bits per heavy atom. The standard InChI is InChI=1S/C25H32FN3O3/c1-31-21-9-10-24(32-2)22(16-21)23-4-3-13-29(23)25(30)27-20-11-14-28(15-12-20)17-18-5-7-19(26)8-6-18/h5-10,16,20,23H,3-4,11-15,17H2,1-2H3,(H,27,30). The van der Waals surface area contributed by atoms with Gasteiger partial charge in [0.15, 0.2) is 0 Å². The molecule has 2 aliphatic rings. The number of benzene rings is 2. The summed E-state index contributed by atoms with van der Waals surface area (Å²) < 4.78 is 24.1. The number of carbonyl (C=O) groups excluding carboxylic acids is 1. The minimum Gasteiger partial charge on any atom is -0.497 e. The van der Waals surface area contributed by atoms with Gasteiger partial charge in [-0.15, -0.1) is 0 Å². The lowest BCUT2D eigenvalue weighted by molar-refractivity contribution is 0.165. The Morgan fingerprint density at radius 3 is 2.47 bits per heavy atom. The summed E-state index contributed by atoms with van der Waals surface area (Å²) in [6, 6.07) is 12.6. The Bertz CT molecular complexity index is 913. The molecule has 0 aromatic heterocycles. The van der Waals surface area contributed by atoms with E-state index >= 15 is 0 Å². The van der Waals surface area contributed by atoms with Crippen LogP contribution in [0.25, 0.3) is 0 Å². The van der Waals surface area contributed by atoms with Gasteiger partial charge in [0.1, 0.15) is 17.3 Å². The average molecular weight is 442 g/mol. The molecule has 0 saturated carbocycles. The Kier molecular flexibility index (Phi) is 7.15. The molecule has 2 amide bonds. The van der Waals surface area contributed by atoms with E-state index in [0.29, 0.717) is 0 Å². The molecule has 0 spiro atoms. The van der Waals surface area contributed by atoms with E-state index in [9.17, 15) is 9.18 Å². The first-order chi connectivity index (χ1) is 15.6. The zero-order valence-corrected chi connectivity index (χ0v) is 18.9. The largest absolute Gasteiger partial charge is 0.497 e. The van der Waals surface area contributed by atoms with Gasteiger partial charge < -0.3 is 19.7 Å². The molecule has 1 unspecified atom stereocenters. The van der Waals surface area contributed by atoms with Crippen LogP contribution in [-0.2, 0) is 6.54 Å². The van der Waals surface area contributed by atoms with Crippen molar-refractivity contribution in [2.75, 3.05) is 33.9 Å². The smallest absolute Gasteiger partial charge is 0.318 e. The highest BCUT2D eigenvalue weighted by Crippen LogP contribution is 2.39. The molecular weight excluding hydrogens is 409 g/mol. The second-order valence-corrected chi connectivity index (χ2v) is 8.59.